The van der Waals surface area contributed by atoms with E-state index in [1.807, 2.05) is 147 Å². The predicted octanol–water partition coefficient (Wildman–Crippen LogP) is 19.4. The number of anilines is 1. The van der Waals surface area contributed by atoms with Crippen molar-refractivity contribution >= 4 is 120 Å². The van der Waals surface area contributed by atoms with Gasteiger partial charge in [-0.1, -0.05) is 192 Å². The maximum absolute atomic E-state index is 12.1. The van der Waals surface area contributed by atoms with Gasteiger partial charge in [0.2, 0.25) is 0 Å². The van der Waals surface area contributed by atoms with Crippen molar-refractivity contribution in [2.45, 2.75) is 78.0 Å². The van der Waals surface area contributed by atoms with E-state index in [9.17, 15) is 9.59 Å². The summed E-state index contributed by atoms with van der Waals surface area (Å²) in [7, 11) is 0. The summed E-state index contributed by atoms with van der Waals surface area (Å²) in [5.41, 5.74) is 21.8. The fraction of sp³-hybridized carbons (Fsp3) is 0.167. The van der Waals surface area contributed by atoms with Gasteiger partial charge in [-0.05, 0) is 194 Å². The molecular formula is C72H73BBr3Cl4N8O3. The van der Waals surface area contributed by atoms with Crippen LogP contribution in [0, 0.1) is 0 Å². The molecule has 9 N–H and O–H groups in total. The number of carbonyl (C=O) groups excluding carboxylic acids is 1. The number of hydrogen-bond donors (Lipinski definition) is 7. The molecule has 0 aliphatic rings. The maximum Gasteiger partial charge on any atom is 0.335 e. The Morgan fingerprint density at radius 3 is 1.24 bits per heavy atom. The van der Waals surface area contributed by atoms with Crippen molar-refractivity contribution in [2.75, 3.05) is 5.32 Å². The summed E-state index contributed by atoms with van der Waals surface area (Å²) < 4.78 is 2.25. The highest BCUT2D eigenvalue weighted by Crippen LogP contribution is 2.27. The van der Waals surface area contributed by atoms with Gasteiger partial charge in [0.15, 0.2) is 0 Å². The Morgan fingerprint density at radius 1 is 0.462 bits per heavy atom. The largest absolute Gasteiger partial charge is 0.478 e. The van der Waals surface area contributed by atoms with Gasteiger partial charge in [-0.25, -0.2) is 4.79 Å². The molecular weight excluding hydrogens is 1420 g/mol. The van der Waals surface area contributed by atoms with Gasteiger partial charge in [-0.2, -0.15) is 0 Å². The van der Waals surface area contributed by atoms with E-state index in [-0.39, 0.29) is 32.0 Å². The van der Waals surface area contributed by atoms with Crippen LogP contribution in [0.2, 0.25) is 20.1 Å². The van der Waals surface area contributed by atoms with E-state index in [1.54, 1.807) is 30.6 Å². The smallest absolute Gasteiger partial charge is 0.335 e. The topological polar surface area (TPSA) is 180 Å². The first-order valence-electron chi connectivity index (χ1n) is 28.6. The lowest BCUT2D eigenvalue weighted by Gasteiger charge is -2.15. The minimum Gasteiger partial charge on any atom is -0.478 e. The number of carbonyl (C=O) groups is 2. The summed E-state index contributed by atoms with van der Waals surface area (Å²) in [6.07, 6.45) is 3.53. The molecule has 0 bridgehead atoms. The molecule has 0 saturated carbocycles. The van der Waals surface area contributed by atoms with Crippen LogP contribution in [0.3, 0.4) is 0 Å². The lowest BCUT2D eigenvalue weighted by Crippen LogP contribution is -2.26. The molecule has 10 aromatic rings. The van der Waals surface area contributed by atoms with Gasteiger partial charge in [0.1, 0.15) is 0 Å². The highest BCUT2D eigenvalue weighted by Gasteiger charge is 2.13. The molecule has 3 radical (unpaired) electrons. The van der Waals surface area contributed by atoms with Gasteiger partial charge in [0, 0.05) is 77.5 Å². The minimum absolute atomic E-state index is 0. The van der Waals surface area contributed by atoms with Crippen molar-refractivity contribution in [3.05, 3.63) is 332 Å². The van der Waals surface area contributed by atoms with E-state index in [2.05, 4.69) is 154 Å². The Bertz CT molecular complexity index is 3710. The van der Waals surface area contributed by atoms with E-state index >= 15 is 0 Å². The molecule has 0 spiro atoms. The molecule has 471 valence electrons. The fourth-order valence-corrected chi connectivity index (χ4v) is 9.78. The normalized spacial score (nSPS) is 11.5. The van der Waals surface area contributed by atoms with Crippen molar-refractivity contribution < 1.29 is 14.7 Å². The molecule has 4 atom stereocenters. The summed E-state index contributed by atoms with van der Waals surface area (Å²) in [5, 5.41) is 24.5. The van der Waals surface area contributed by atoms with Crippen molar-refractivity contribution in [3.8, 4) is 0 Å². The average molecular weight is 1490 g/mol. The number of carboxylic acid groups (broad SMARTS) is 1. The molecule has 0 fully saturated rings. The lowest BCUT2D eigenvalue weighted by atomic mass is 10.1. The predicted molar refractivity (Wildman–Crippen MR) is 390 cm³/mol. The zero-order valence-corrected chi connectivity index (χ0v) is 58.5. The Hall–Kier alpha value is -6.70. The second-order valence-electron chi connectivity index (χ2n) is 20.2. The van der Waals surface area contributed by atoms with Crippen LogP contribution in [0.15, 0.2) is 256 Å². The second-order valence-corrected chi connectivity index (χ2v) is 24.3. The van der Waals surface area contributed by atoms with Crippen LogP contribution in [0.4, 0.5) is 5.69 Å². The van der Waals surface area contributed by atoms with E-state index in [1.165, 1.54) is 46.0 Å². The fourth-order valence-electron chi connectivity index (χ4n) is 8.06. The number of pyridine rings is 2. The van der Waals surface area contributed by atoms with Gasteiger partial charge in [0.05, 0.1) is 55.3 Å². The van der Waals surface area contributed by atoms with Crippen LogP contribution < -0.4 is 32.7 Å². The molecule has 11 nitrogen and oxygen atoms in total. The number of rotatable bonds is 17. The van der Waals surface area contributed by atoms with E-state index in [0.29, 0.717) is 49.7 Å². The molecule has 0 aliphatic carbocycles. The highest BCUT2D eigenvalue weighted by molar-refractivity contribution is 9.11. The van der Waals surface area contributed by atoms with Gasteiger partial charge in [0.25, 0.3) is 5.91 Å². The summed E-state index contributed by atoms with van der Waals surface area (Å²) in [4.78, 5) is 30.8. The third kappa shape index (κ3) is 28.8. The Balaban J connectivity index is 0.000000243. The third-order valence-corrected chi connectivity index (χ3v) is 17.3. The number of aromatic nitrogens is 2. The number of carboxylic acids is 1. The number of halogens is 7. The van der Waals surface area contributed by atoms with Crippen LogP contribution in [0.1, 0.15) is 117 Å². The summed E-state index contributed by atoms with van der Waals surface area (Å²) >= 11 is 33.7. The molecule has 8 aromatic carbocycles. The monoisotopic (exact) mass is 1490 g/mol. The van der Waals surface area contributed by atoms with Crippen LogP contribution >= 0.6 is 94.2 Å². The van der Waals surface area contributed by atoms with Crippen molar-refractivity contribution in [3.63, 3.8) is 0 Å². The standard InChI is InChI=1S/C21H22ClN3.C15H13BrClNO.C15H15BrClN.C8H11N.C7H4BrClO2.C6H8N2.B/c1-16(18-7-3-2-4-8-18)24-14-17-10-11-20(22)21(13-17)25-15-19-9-5-6-12-23-19;1-10(11-5-3-2-4-6-11)18-15(19)12-7-8-14(17)13(16)9-12;1-11(13-5-3-2-4-6-13)18-10-12-7-8-15(17)14(16)9-12;1-7(9)8-5-3-2-4-6-8;8-5-3-4(7(10)11)1-2-6(5)9;7-5-6-3-1-2-4-8-6;/h2-13,16,24-25H,14-15H2,1H3;2-10H,1H3,(H,18,19);2-9,11,18H,10H2,1H3;2-7H,9H2,1H3;1-3H,(H,10,11);1-4H,5,7H2;/t16-;10-;11-;7-;;;/m1111.../s1. The minimum atomic E-state index is -0.956. The van der Waals surface area contributed by atoms with Gasteiger partial charge >= 0.3 is 5.97 Å². The van der Waals surface area contributed by atoms with Gasteiger partial charge in [-0.15, -0.1) is 0 Å². The molecule has 0 aliphatic heterocycles. The first kappa shape index (κ1) is 76.8. The van der Waals surface area contributed by atoms with Gasteiger partial charge < -0.3 is 37.8 Å². The molecule has 1 amide bonds. The van der Waals surface area contributed by atoms with Crippen molar-refractivity contribution in [1.29, 1.82) is 0 Å². The summed E-state index contributed by atoms with van der Waals surface area (Å²) in [6.45, 7) is 11.1. The second kappa shape index (κ2) is 42.4. The van der Waals surface area contributed by atoms with Crippen LogP contribution in [-0.4, -0.2) is 35.4 Å². The molecule has 91 heavy (non-hydrogen) atoms. The van der Waals surface area contributed by atoms with E-state index in [0.717, 1.165) is 50.2 Å². The zero-order valence-electron chi connectivity index (χ0n) is 50.8. The third-order valence-electron chi connectivity index (χ3n) is 13.3. The zero-order chi connectivity index (χ0) is 65.2. The first-order valence-corrected chi connectivity index (χ1v) is 32.5. The Kier molecular flexibility index (Phi) is 35.8. The molecule has 0 saturated heterocycles. The number of aromatic carboxylic acids is 1. The molecule has 10 rings (SSSR count). The average Bonchev–Trinajstić information content (AvgIpc) is 3.35. The molecule has 2 aromatic heterocycles. The van der Waals surface area contributed by atoms with Crippen molar-refractivity contribution in [2.24, 2.45) is 11.5 Å². The number of hydrogen-bond acceptors (Lipinski definition) is 9. The number of benzene rings is 8. The Labute approximate surface area is 583 Å². The molecule has 2 heterocycles. The van der Waals surface area contributed by atoms with Crippen LogP contribution in [0.25, 0.3) is 0 Å². The highest BCUT2D eigenvalue weighted by atomic mass is 79.9. The molecule has 19 heteroatoms. The number of nitrogens with one attached hydrogen (secondary N) is 4. The summed E-state index contributed by atoms with van der Waals surface area (Å²) in [5.74, 6) is -1.07. The first-order chi connectivity index (χ1) is 43.3. The number of amides is 1. The number of nitrogens with two attached hydrogens (primary N) is 2. The number of nitrogens with zero attached hydrogens (tertiary/aromatic N) is 2. The van der Waals surface area contributed by atoms with Gasteiger partial charge in [-0.3, -0.25) is 14.8 Å². The van der Waals surface area contributed by atoms with E-state index in [4.69, 9.17) is 63.0 Å². The van der Waals surface area contributed by atoms with Crippen LogP contribution in [0.5, 0.6) is 0 Å². The van der Waals surface area contributed by atoms with Crippen molar-refractivity contribution in [1.82, 2.24) is 25.9 Å². The summed E-state index contributed by atoms with van der Waals surface area (Å²) in [6, 6.07) is 74.8. The maximum atomic E-state index is 12.1. The lowest BCUT2D eigenvalue weighted by molar-refractivity contribution is 0.0696. The quantitative estimate of drug-likeness (QED) is 0.0434. The Morgan fingerprint density at radius 2 is 0.846 bits per heavy atom. The van der Waals surface area contributed by atoms with E-state index < -0.39 is 5.97 Å². The molecule has 0 unspecified atom stereocenters. The van der Waals surface area contributed by atoms with Crippen LogP contribution in [-0.2, 0) is 26.2 Å². The SMILES string of the molecule is C[C@@H](N)c1ccccc1.C[C@@H](NC(=O)c1ccc(Cl)c(Br)c1)c1ccccc1.C[C@@H](NCc1ccc(Cl)c(Br)c1)c1ccccc1.C[C@@H](NCc1ccc(Cl)c(NCc2ccccn2)c1)c1ccccc1.NCc1ccccn1.O=C(O)c1ccc(Cl)c(Br)c1.[B].